The lowest BCUT2D eigenvalue weighted by Gasteiger charge is -2.60. The van der Waals surface area contributed by atoms with E-state index < -0.39 is 17.3 Å². The minimum absolute atomic E-state index is 0.0645. The maximum atomic E-state index is 13.2. The van der Waals surface area contributed by atoms with Crippen molar-refractivity contribution in [1.82, 2.24) is 5.32 Å². The Balaban J connectivity index is 1.50. The summed E-state index contributed by atoms with van der Waals surface area (Å²) in [6.45, 7) is 3.08. The molecule has 4 fully saturated rings. The standard InChI is InChI=1S/C22H26FNO4/c1-13(19(26)17-3-5-18(23)6-4-17)28-20(27)21-8-15-7-16(9-21)11-22(10-15,12-21)24-14(2)25/h3-6,13,15-16H,7-12H2,1-2H3,(H,24,25)/t13-,15-,16+,21?,22?/m1/s1. The molecule has 0 spiro atoms. The molecule has 5 nitrogen and oxygen atoms in total. The van der Waals surface area contributed by atoms with E-state index >= 15 is 0 Å². The second kappa shape index (κ2) is 6.68. The number of carbonyl (C=O) groups excluding carboxylic acids is 3. The van der Waals surface area contributed by atoms with Crippen molar-refractivity contribution in [3.63, 3.8) is 0 Å². The molecule has 4 saturated carbocycles. The third-order valence-corrected chi connectivity index (χ3v) is 6.72. The summed E-state index contributed by atoms with van der Waals surface area (Å²) in [5.41, 5.74) is -0.620. The van der Waals surface area contributed by atoms with E-state index in [-0.39, 0.29) is 23.2 Å². The van der Waals surface area contributed by atoms with Crippen molar-refractivity contribution in [1.29, 1.82) is 0 Å². The van der Waals surface area contributed by atoms with Gasteiger partial charge in [-0.3, -0.25) is 14.4 Å². The van der Waals surface area contributed by atoms with Crippen LogP contribution < -0.4 is 5.32 Å². The number of nitrogens with one attached hydrogen (secondary N) is 1. The molecule has 0 saturated heterocycles. The number of rotatable bonds is 5. The number of carbonyl (C=O) groups is 3. The summed E-state index contributed by atoms with van der Waals surface area (Å²) in [5.74, 6) is -0.343. The summed E-state index contributed by atoms with van der Waals surface area (Å²) in [6, 6.07) is 5.24. The first-order valence-electron chi connectivity index (χ1n) is 10.00. The van der Waals surface area contributed by atoms with Gasteiger partial charge in [-0.1, -0.05) is 0 Å². The lowest BCUT2D eigenvalue weighted by Crippen LogP contribution is -2.64. The Bertz CT molecular complexity index is 804. The number of hydrogen-bond donors (Lipinski definition) is 1. The monoisotopic (exact) mass is 387 g/mol. The van der Waals surface area contributed by atoms with Crippen LogP contribution >= 0.6 is 0 Å². The number of ketones is 1. The molecule has 4 bridgehead atoms. The number of amides is 1. The van der Waals surface area contributed by atoms with E-state index in [4.69, 9.17) is 4.74 Å². The Morgan fingerprint density at radius 3 is 2.29 bits per heavy atom. The molecule has 1 N–H and O–H groups in total. The van der Waals surface area contributed by atoms with Crippen molar-refractivity contribution in [3.8, 4) is 0 Å². The van der Waals surface area contributed by atoms with Crippen LogP contribution in [-0.4, -0.2) is 29.3 Å². The van der Waals surface area contributed by atoms with Gasteiger partial charge < -0.3 is 10.1 Å². The van der Waals surface area contributed by atoms with Gasteiger partial charge >= 0.3 is 5.97 Å². The molecule has 5 rings (SSSR count). The van der Waals surface area contributed by atoms with Crippen LogP contribution in [-0.2, 0) is 14.3 Å². The molecule has 0 aliphatic heterocycles. The lowest BCUT2D eigenvalue weighted by atomic mass is 9.47. The van der Waals surface area contributed by atoms with Gasteiger partial charge in [0.2, 0.25) is 11.7 Å². The maximum Gasteiger partial charge on any atom is 0.312 e. The van der Waals surface area contributed by atoms with E-state index in [1.54, 1.807) is 6.92 Å². The average molecular weight is 387 g/mol. The van der Waals surface area contributed by atoms with Gasteiger partial charge in [0.1, 0.15) is 5.82 Å². The third kappa shape index (κ3) is 3.33. The number of Topliss-reactive ketones (excluding diaryl/α,β-unsaturated/α-hetero) is 1. The first kappa shape index (κ1) is 19.1. The minimum Gasteiger partial charge on any atom is -0.454 e. The minimum atomic E-state index is -0.928. The normalized spacial score (nSPS) is 34.0. The molecule has 0 aromatic heterocycles. The summed E-state index contributed by atoms with van der Waals surface area (Å²) in [5, 5.41) is 3.13. The van der Waals surface area contributed by atoms with Crippen LogP contribution in [0.15, 0.2) is 24.3 Å². The van der Waals surface area contributed by atoms with Gasteiger partial charge in [-0.2, -0.15) is 0 Å². The largest absolute Gasteiger partial charge is 0.454 e. The zero-order valence-electron chi connectivity index (χ0n) is 16.3. The van der Waals surface area contributed by atoms with Crippen LogP contribution in [0.5, 0.6) is 0 Å². The molecule has 4 aliphatic carbocycles. The molecular weight excluding hydrogens is 361 g/mol. The zero-order chi connectivity index (χ0) is 20.1. The first-order chi connectivity index (χ1) is 13.2. The van der Waals surface area contributed by atoms with Crippen LogP contribution in [0.25, 0.3) is 0 Å². The number of halogens is 1. The van der Waals surface area contributed by atoms with E-state index in [0.717, 1.165) is 32.1 Å². The smallest absolute Gasteiger partial charge is 0.312 e. The van der Waals surface area contributed by atoms with Gasteiger partial charge in [0.15, 0.2) is 6.10 Å². The second-order valence-electron chi connectivity index (χ2n) is 9.12. The molecule has 28 heavy (non-hydrogen) atoms. The molecule has 2 unspecified atom stereocenters. The Hall–Kier alpha value is -2.24. The highest BCUT2D eigenvalue weighted by Gasteiger charge is 2.61. The van der Waals surface area contributed by atoms with Gasteiger partial charge in [0.25, 0.3) is 0 Å². The Labute approximate surface area is 164 Å². The summed E-state index contributed by atoms with van der Waals surface area (Å²) in [4.78, 5) is 37.5. The summed E-state index contributed by atoms with van der Waals surface area (Å²) < 4.78 is 18.7. The van der Waals surface area contributed by atoms with Crippen LogP contribution in [0.2, 0.25) is 0 Å². The highest BCUT2D eigenvalue weighted by atomic mass is 19.1. The fourth-order valence-corrected chi connectivity index (χ4v) is 6.21. The molecule has 0 heterocycles. The molecule has 1 aromatic carbocycles. The third-order valence-electron chi connectivity index (χ3n) is 6.72. The van der Waals surface area contributed by atoms with Crippen LogP contribution in [0.1, 0.15) is 62.7 Å². The van der Waals surface area contributed by atoms with E-state index in [0.29, 0.717) is 23.8 Å². The maximum absolute atomic E-state index is 13.2. The van der Waals surface area contributed by atoms with Crippen molar-refractivity contribution in [2.75, 3.05) is 0 Å². The van der Waals surface area contributed by atoms with Crippen LogP contribution in [0.3, 0.4) is 0 Å². The molecule has 4 aliphatic rings. The number of esters is 1. The van der Waals surface area contributed by atoms with Crippen molar-refractivity contribution in [2.24, 2.45) is 17.3 Å². The predicted molar refractivity (Wildman–Crippen MR) is 99.9 cm³/mol. The van der Waals surface area contributed by atoms with Gasteiger partial charge in [-0.15, -0.1) is 0 Å². The van der Waals surface area contributed by atoms with Gasteiger partial charge in [0, 0.05) is 18.0 Å². The van der Waals surface area contributed by atoms with Crippen molar-refractivity contribution in [2.45, 2.75) is 64.0 Å². The highest BCUT2D eigenvalue weighted by Crippen LogP contribution is 2.62. The second-order valence-corrected chi connectivity index (χ2v) is 9.12. The van der Waals surface area contributed by atoms with E-state index in [1.807, 2.05) is 0 Å². The lowest BCUT2D eigenvalue weighted by molar-refractivity contribution is -0.178. The van der Waals surface area contributed by atoms with Crippen molar-refractivity contribution < 1.29 is 23.5 Å². The summed E-state index contributed by atoms with van der Waals surface area (Å²) in [6.07, 6.45) is 4.12. The Morgan fingerprint density at radius 2 is 1.71 bits per heavy atom. The first-order valence-corrected chi connectivity index (χ1v) is 10.00. The van der Waals surface area contributed by atoms with E-state index in [9.17, 15) is 18.8 Å². The van der Waals surface area contributed by atoms with Gasteiger partial charge in [-0.05, 0) is 81.5 Å². The number of benzene rings is 1. The molecule has 0 radical (unpaired) electrons. The van der Waals surface area contributed by atoms with Crippen molar-refractivity contribution in [3.05, 3.63) is 35.6 Å². The molecule has 150 valence electrons. The SMILES string of the molecule is CC(=O)NC12C[C@H]3C[C@@H](C1)CC(C(=O)O[C@H](C)C(=O)c1ccc(F)cc1)(C3)C2. The summed E-state index contributed by atoms with van der Waals surface area (Å²) >= 11 is 0. The number of hydrogen-bond acceptors (Lipinski definition) is 4. The topological polar surface area (TPSA) is 72.5 Å². The number of ether oxygens (including phenoxy) is 1. The quantitative estimate of drug-likeness (QED) is 0.621. The highest BCUT2D eigenvalue weighted by molar-refractivity contribution is 6.00. The zero-order valence-corrected chi connectivity index (χ0v) is 16.3. The Kier molecular flexibility index (Phi) is 4.55. The van der Waals surface area contributed by atoms with Crippen LogP contribution in [0.4, 0.5) is 4.39 Å². The van der Waals surface area contributed by atoms with Gasteiger partial charge in [-0.25, -0.2) is 4.39 Å². The van der Waals surface area contributed by atoms with Gasteiger partial charge in [0.05, 0.1) is 5.41 Å². The average Bonchev–Trinajstić information content (AvgIpc) is 2.59. The van der Waals surface area contributed by atoms with Crippen molar-refractivity contribution >= 4 is 17.7 Å². The fraction of sp³-hybridized carbons (Fsp3) is 0.591. The van der Waals surface area contributed by atoms with E-state index in [2.05, 4.69) is 5.32 Å². The molecular formula is C22H26FNO4. The summed E-state index contributed by atoms with van der Waals surface area (Å²) in [7, 11) is 0. The van der Waals surface area contributed by atoms with Crippen LogP contribution in [0, 0.1) is 23.1 Å². The Morgan fingerprint density at radius 1 is 1.11 bits per heavy atom. The predicted octanol–water partition coefficient (Wildman–Crippen LogP) is 3.42. The molecule has 6 heteroatoms. The molecule has 1 aromatic rings. The van der Waals surface area contributed by atoms with E-state index in [1.165, 1.54) is 31.2 Å². The molecule has 1 amide bonds. The molecule has 5 atom stereocenters. The fourth-order valence-electron chi connectivity index (χ4n) is 6.21.